The largest absolute Gasteiger partial charge is 0.477 e. The van der Waals surface area contributed by atoms with Crippen LogP contribution >= 0.6 is 11.3 Å². The van der Waals surface area contributed by atoms with Crippen LogP contribution in [-0.4, -0.2) is 64.4 Å². The molecule has 0 spiro atoms. The maximum Gasteiger partial charge on any atom is 0.410 e. The predicted octanol–water partition coefficient (Wildman–Crippen LogP) is 6.60. The monoisotopic (exact) mass is 562 g/mol. The van der Waals surface area contributed by atoms with E-state index < -0.39 is 17.7 Å². The van der Waals surface area contributed by atoms with Crippen molar-refractivity contribution in [3.8, 4) is 11.1 Å². The highest BCUT2D eigenvalue weighted by molar-refractivity contribution is 7.13. The molecule has 0 atom stereocenters. The van der Waals surface area contributed by atoms with Crippen molar-refractivity contribution in [2.75, 3.05) is 19.7 Å². The first-order valence-electron chi connectivity index (χ1n) is 13.5. The molecule has 1 aliphatic carbocycles. The average molecular weight is 563 g/mol. The second-order valence-corrected chi connectivity index (χ2v) is 12.4. The van der Waals surface area contributed by atoms with Crippen LogP contribution in [0.1, 0.15) is 65.2 Å². The number of likely N-dealkylation sites (tertiary alicyclic amines) is 1. The van der Waals surface area contributed by atoms with Gasteiger partial charge in [0.15, 0.2) is 0 Å². The molecule has 1 aromatic heterocycles. The van der Waals surface area contributed by atoms with Crippen molar-refractivity contribution in [1.29, 1.82) is 0 Å². The quantitative estimate of drug-likeness (QED) is 0.364. The number of carbonyl (C=O) groups is 3. The van der Waals surface area contributed by atoms with Gasteiger partial charge in [0, 0.05) is 29.9 Å². The van der Waals surface area contributed by atoms with Crippen LogP contribution in [0.5, 0.6) is 0 Å². The summed E-state index contributed by atoms with van der Waals surface area (Å²) in [7, 11) is 0. The summed E-state index contributed by atoms with van der Waals surface area (Å²) in [6.45, 7) is 6.86. The highest BCUT2D eigenvalue weighted by atomic mass is 32.1. The summed E-state index contributed by atoms with van der Waals surface area (Å²) in [6.07, 6.45) is 0.340. The zero-order chi connectivity index (χ0) is 28.4. The average Bonchev–Trinajstić information content (AvgIpc) is 3.53. The molecule has 8 nitrogen and oxygen atoms in total. The molecule has 0 saturated carbocycles. The van der Waals surface area contributed by atoms with E-state index in [2.05, 4.69) is 24.3 Å². The number of benzene rings is 2. The van der Waals surface area contributed by atoms with E-state index in [-0.39, 0.29) is 36.1 Å². The molecule has 2 heterocycles. The van der Waals surface area contributed by atoms with Crippen LogP contribution in [0.3, 0.4) is 0 Å². The first kappa shape index (κ1) is 27.7. The van der Waals surface area contributed by atoms with Crippen molar-refractivity contribution in [2.45, 2.75) is 57.7 Å². The predicted molar refractivity (Wildman–Crippen MR) is 153 cm³/mol. The van der Waals surface area contributed by atoms with Crippen molar-refractivity contribution in [3.63, 3.8) is 0 Å². The summed E-state index contributed by atoms with van der Waals surface area (Å²) < 4.78 is 11.5. The topological polar surface area (TPSA) is 96.4 Å². The van der Waals surface area contributed by atoms with Crippen molar-refractivity contribution in [1.82, 2.24) is 9.80 Å². The molecule has 2 amide bonds. The maximum absolute atomic E-state index is 13.7. The molecule has 5 rings (SSSR count). The second kappa shape index (κ2) is 11.3. The third-order valence-corrected chi connectivity index (χ3v) is 8.38. The number of hydrogen-bond donors (Lipinski definition) is 1. The molecule has 1 N–H and O–H groups in total. The summed E-state index contributed by atoms with van der Waals surface area (Å²) in [6, 6.07) is 19.5. The minimum Gasteiger partial charge on any atom is -0.477 e. The summed E-state index contributed by atoms with van der Waals surface area (Å²) in [4.78, 5) is 42.0. The number of hydrogen-bond acceptors (Lipinski definition) is 6. The molecule has 40 heavy (non-hydrogen) atoms. The van der Waals surface area contributed by atoms with Crippen molar-refractivity contribution in [2.24, 2.45) is 0 Å². The van der Waals surface area contributed by atoms with E-state index in [1.54, 1.807) is 21.9 Å². The lowest BCUT2D eigenvalue weighted by Crippen LogP contribution is -2.49. The van der Waals surface area contributed by atoms with Gasteiger partial charge in [0.2, 0.25) is 0 Å². The summed E-state index contributed by atoms with van der Waals surface area (Å²) in [5, 5.41) is 9.37. The van der Waals surface area contributed by atoms with Crippen LogP contribution in [0, 0.1) is 0 Å². The number of thiophene rings is 1. The van der Waals surface area contributed by atoms with E-state index in [0.29, 0.717) is 25.9 Å². The van der Waals surface area contributed by atoms with Gasteiger partial charge < -0.3 is 19.5 Å². The van der Waals surface area contributed by atoms with Crippen LogP contribution in [-0.2, 0) is 16.0 Å². The molecule has 3 aromatic rings. The van der Waals surface area contributed by atoms with Gasteiger partial charge in [0.25, 0.3) is 0 Å². The molecular weight excluding hydrogens is 528 g/mol. The number of rotatable bonds is 6. The number of carbonyl (C=O) groups excluding carboxylic acids is 2. The Hall–Kier alpha value is -3.85. The smallest absolute Gasteiger partial charge is 0.410 e. The highest BCUT2D eigenvalue weighted by Crippen LogP contribution is 2.44. The van der Waals surface area contributed by atoms with Gasteiger partial charge in [-0.15, -0.1) is 11.3 Å². The van der Waals surface area contributed by atoms with Crippen molar-refractivity contribution in [3.05, 3.63) is 81.5 Å². The van der Waals surface area contributed by atoms with Crippen LogP contribution in [0.4, 0.5) is 9.59 Å². The molecule has 2 aromatic carbocycles. The number of fused-ring (bicyclic) bond motifs is 3. The lowest BCUT2D eigenvalue weighted by Gasteiger charge is -2.38. The molecule has 9 heteroatoms. The summed E-state index contributed by atoms with van der Waals surface area (Å²) in [5.41, 5.74) is 4.01. The normalized spacial score (nSPS) is 15.3. The van der Waals surface area contributed by atoms with Gasteiger partial charge in [0.1, 0.15) is 17.1 Å². The van der Waals surface area contributed by atoms with Crippen LogP contribution in [0.15, 0.2) is 60.7 Å². The Balaban J connectivity index is 1.31. The Morgan fingerprint density at radius 2 is 1.55 bits per heavy atom. The Morgan fingerprint density at radius 3 is 2.10 bits per heavy atom. The molecular formula is C31H34N2O6S. The number of amides is 2. The van der Waals surface area contributed by atoms with Crippen molar-refractivity contribution < 1.29 is 29.0 Å². The number of carboxylic acid groups (broad SMARTS) is 1. The van der Waals surface area contributed by atoms with Crippen LogP contribution in [0.2, 0.25) is 0 Å². The number of aromatic carboxylic acids is 1. The Morgan fingerprint density at radius 1 is 0.950 bits per heavy atom. The minimum atomic E-state index is -0.991. The van der Waals surface area contributed by atoms with Gasteiger partial charge in [-0.25, -0.2) is 14.4 Å². The van der Waals surface area contributed by atoms with Crippen molar-refractivity contribution >= 4 is 29.5 Å². The number of piperidine rings is 1. The zero-order valence-electron chi connectivity index (χ0n) is 23.0. The maximum atomic E-state index is 13.7. The Bertz CT molecular complexity index is 1360. The van der Waals surface area contributed by atoms with E-state index in [4.69, 9.17) is 9.47 Å². The molecule has 2 aliphatic rings. The SMILES string of the molecule is CC(C)(C)OC(=O)N1CCC(N(Cc2ccc(C(=O)O)s2)C(=O)OCC2c3ccccc3-c3ccccc32)CC1. The highest BCUT2D eigenvalue weighted by Gasteiger charge is 2.34. The van der Waals surface area contributed by atoms with Crippen LogP contribution < -0.4 is 0 Å². The first-order chi connectivity index (χ1) is 19.1. The third-order valence-electron chi connectivity index (χ3n) is 7.33. The summed E-state index contributed by atoms with van der Waals surface area (Å²) >= 11 is 1.15. The fraction of sp³-hybridized carbons (Fsp3) is 0.387. The zero-order valence-corrected chi connectivity index (χ0v) is 23.8. The van der Waals surface area contributed by atoms with E-state index in [1.165, 1.54) is 0 Å². The second-order valence-electron chi connectivity index (χ2n) is 11.2. The number of ether oxygens (including phenoxy) is 2. The Labute approximate surface area is 238 Å². The van der Waals surface area contributed by atoms with Gasteiger partial charge in [-0.1, -0.05) is 48.5 Å². The van der Waals surface area contributed by atoms with Gasteiger partial charge in [0.05, 0.1) is 6.54 Å². The molecule has 1 fully saturated rings. The number of nitrogens with zero attached hydrogens (tertiary/aromatic N) is 2. The Kier molecular flexibility index (Phi) is 7.85. The fourth-order valence-electron chi connectivity index (χ4n) is 5.45. The molecule has 0 radical (unpaired) electrons. The number of carboxylic acids is 1. The standard InChI is InChI=1S/C31H34N2O6S/c1-31(2,3)39-29(36)32-16-14-20(15-17-32)33(18-21-12-13-27(40-21)28(34)35)30(37)38-19-26-24-10-6-4-8-22(24)23-9-5-7-11-25(23)26/h4-13,20,26H,14-19H2,1-3H3,(H,34,35). The fourth-order valence-corrected chi connectivity index (χ4v) is 6.30. The molecule has 0 unspecified atom stereocenters. The van der Waals surface area contributed by atoms with E-state index in [9.17, 15) is 19.5 Å². The van der Waals surface area contributed by atoms with Gasteiger partial charge >= 0.3 is 18.2 Å². The lowest BCUT2D eigenvalue weighted by atomic mass is 9.98. The molecule has 0 bridgehead atoms. The first-order valence-corrected chi connectivity index (χ1v) is 14.3. The van der Waals surface area contributed by atoms with E-state index >= 15 is 0 Å². The molecule has 1 saturated heterocycles. The summed E-state index contributed by atoms with van der Waals surface area (Å²) in [5.74, 6) is -1.05. The lowest BCUT2D eigenvalue weighted by molar-refractivity contribution is 0.0130. The van der Waals surface area contributed by atoms with Gasteiger partial charge in [-0.2, -0.15) is 0 Å². The van der Waals surface area contributed by atoms with Gasteiger partial charge in [-0.05, 0) is 68.0 Å². The van der Waals surface area contributed by atoms with E-state index in [1.807, 2.05) is 45.0 Å². The van der Waals surface area contributed by atoms with Crippen LogP contribution in [0.25, 0.3) is 11.1 Å². The molecule has 210 valence electrons. The van der Waals surface area contributed by atoms with E-state index in [0.717, 1.165) is 38.5 Å². The third kappa shape index (κ3) is 5.99. The minimum absolute atomic E-state index is 0.0624. The molecule has 1 aliphatic heterocycles. The van der Waals surface area contributed by atoms with Gasteiger partial charge in [-0.3, -0.25) is 4.90 Å².